The number of ether oxygens (including phenoxy) is 1. The zero-order valence-electron chi connectivity index (χ0n) is 16.0. The van der Waals surface area contributed by atoms with Crippen LogP contribution < -0.4 is 4.72 Å². The molecule has 0 spiro atoms. The average molecular weight is 434 g/mol. The van der Waals surface area contributed by atoms with Crippen LogP contribution in [-0.2, 0) is 14.8 Å². The Kier molecular flexibility index (Phi) is 5.31. The van der Waals surface area contributed by atoms with Gasteiger partial charge >= 0.3 is 0 Å². The molecule has 1 saturated heterocycles. The molecule has 0 atom stereocenters. The van der Waals surface area contributed by atoms with Crippen LogP contribution in [0, 0.1) is 12.7 Å². The summed E-state index contributed by atoms with van der Waals surface area (Å²) < 4.78 is 51.9. The Morgan fingerprint density at radius 1 is 1.23 bits per heavy atom. The standard InChI is InChI=1S/C19H19FN4O5S/c1-12-2-3-13(20)10-15(12)23-30(26,27)17-5-4-16(29-17)18-14(11-21-22-18)19(25)24-6-8-28-9-7-24/h2-5,10-11,23H,6-9H2,1H3,(H,21,22). The minimum atomic E-state index is -4.11. The summed E-state index contributed by atoms with van der Waals surface area (Å²) in [6.07, 6.45) is 1.37. The number of hydrogen-bond donors (Lipinski definition) is 2. The van der Waals surface area contributed by atoms with Gasteiger partial charge in [0.05, 0.1) is 30.7 Å². The van der Waals surface area contributed by atoms with Gasteiger partial charge in [-0.1, -0.05) is 6.07 Å². The molecule has 2 aromatic heterocycles. The van der Waals surface area contributed by atoms with Crippen molar-refractivity contribution in [3.63, 3.8) is 0 Å². The lowest BCUT2D eigenvalue weighted by Crippen LogP contribution is -2.40. The summed E-state index contributed by atoms with van der Waals surface area (Å²) >= 11 is 0. The Morgan fingerprint density at radius 3 is 2.77 bits per heavy atom. The first-order valence-electron chi connectivity index (χ1n) is 9.15. The number of halogens is 1. The van der Waals surface area contributed by atoms with E-state index in [2.05, 4.69) is 14.9 Å². The van der Waals surface area contributed by atoms with Gasteiger partial charge in [0.25, 0.3) is 15.9 Å². The fourth-order valence-corrected chi connectivity index (χ4v) is 4.13. The van der Waals surface area contributed by atoms with Gasteiger partial charge in [-0.3, -0.25) is 14.6 Å². The van der Waals surface area contributed by atoms with Crippen LogP contribution in [-0.4, -0.2) is 55.7 Å². The SMILES string of the molecule is Cc1ccc(F)cc1NS(=O)(=O)c1ccc(-c2[nH]ncc2C(=O)N2CCOCC2)o1. The first-order chi connectivity index (χ1) is 14.3. The molecule has 3 heterocycles. The molecular formula is C19H19FN4O5S. The predicted octanol–water partition coefficient (Wildman–Crippen LogP) is 2.39. The maximum atomic E-state index is 13.5. The number of aromatic amines is 1. The van der Waals surface area contributed by atoms with E-state index in [1.54, 1.807) is 11.8 Å². The molecule has 1 fully saturated rings. The van der Waals surface area contributed by atoms with Crippen LogP contribution in [0.15, 0.2) is 46.0 Å². The van der Waals surface area contributed by atoms with Crippen molar-refractivity contribution in [3.05, 3.63) is 53.5 Å². The second-order valence-electron chi connectivity index (χ2n) is 6.75. The van der Waals surface area contributed by atoms with Crippen molar-refractivity contribution in [2.45, 2.75) is 12.0 Å². The van der Waals surface area contributed by atoms with E-state index in [-0.39, 0.29) is 33.7 Å². The number of furan rings is 1. The second kappa shape index (κ2) is 7.92. The van der Waals surface area contributed by atoms with Gasteiger partial charge in [-0.25, -0.2) is 4.39 Å². The number of morpholine rings is 1. The smallest absolute Gasteiger partial charge is 0.295 e. The van der Waals surface area contributed by atoms with Crippen LogP contribution in [0.25, 0.3) is 11.5 Å². The number of amides is 1. The van der Waals surface area contributed by atoms with E-state index in [4.69, 9.17) is 9.15 Å². The highest BCUT2D eigenvalue weighted by atomic mass is 32.2. The highest BCUT2D eigenvalue weighted by Crippen LogP contribution is 2.28. The van der Waals surface area contributed by atoms with E-state index in [9.17, 15) is 17.6 Å². The monoisotopic (exact) mass is 434 g/mol. The lowest BCUT2D eigenvalue weighted by atomic mass is 10.2. The third-order valence-corrected chi connectivity index (χ3v) is 5.94. The number of aryl methyl sites for hydroxylation is 1. The Balaban J connectivity index is 1.60. The molecule has 0 bridgehead atoms. The zero-order valence-corrected chi connectivity index (χ0v) is 16.8. The van der Waals surface area contributed by atoms with Gasteiger partial charge in [0.2, 0.25) is 5.09 Å². The molecule has 2 N–H and O–H groups in total. The van der Waals surface area contributed by atoms with Gasteiger partial charge in [-0.15, -0.1) is 0 Å². The van der Waals surface area contributed by atoms with Gasteiger partial charge in [0.1, 0.15) is 11.5 Å². The molecule has 1 aromatic carbocycles. The van der Waals surface area contributed by atoms with Crippen molar-refractivity contribution in [2.75, 3.05) is 31.0 Å². The molecule has 0 unspecified atom stereocenters. The second-order valence-corrected chi connectivity index (χ2v) is 8.36. The quantitative estimate of drug-likeness (QED) is 0.637. The van der Waals surface area contributed by atoms with Gasteiger partial charge in [-0.05, 0) is 36.8 Å². The molecule has 0 aliphatic carbocycles. The number of H-pyrrole nitrogens is 1. The van der Waals surface area contributed by atoms with Crippen LogP contribution >= 0.6 is 0 Å². The molecule has 0 saturated carbocycles. The van der Waals surface area contributed by atoms with Crippen molar-refractivity contribution < 1.29 is 26.8 Å². The number of carbonyl (C=O) groups is 1. The molecule has 9 nitrogen and oxygen atoms in total. The van der Waals surface area contributed by atoms with E-state index in [1.807, 2.05) is 0 Å². The molecule has 1 aliphatic rings. The Labute approximate surface area is 171 Å². The minimum absolute atomic E-state index is 0.109. The number of nitrogens with zero attached hydrogens (tertiary/aromatic N) is 2. The third kappa shape index (κ3) is 3.94. The third-order valence-electron chi connectivity index (χ3n) is 4.70. The average Bonchev–Trinajstić information content (AvgIpc) is 3.40. The van der Waals surface area contributed by atoms with Crippen LogP contribution in [0.3, 0.4) is 0 Å². The van der Waals surface area contributed by atoms with Crippen molar-refractivity contribution in [1.29, 1.82) is 0 Å². The Morgan fingerprint density at radius 2 is 2.00 bits per heavy atom. The number of rotatable bonds is 5. The zero-order chi connectivity index (χ0) is 21.3. The number of hydrogen-bond acceptors (Lipinski definition) is 6. The predicted molar refractivity (Wildman–Crippen MR) is 105 cm³/mol. The highest BCUT2D eigenvalue weighted by molar-refractivity contribution is 7.92. The van der Waals surface area contributed by atoms with Crippen LogP contribution in [0.1, 0.15) is 15.9 Å². The van der Waals surface area contributed by atoms with E-state index < -0.39 is 15.8 Å². The van der Waals surface area contributed by atoms with Crippen molar-refractivity contribution in [1.82, 2.24) is 15.1 Å². The fourth-order valence-electron chi connectivity index (χ4n) is 3.07. The first-order valence-corrected chi connectivity index (χ1v) is 10.6. The van der Waals surface area contributed by atoms with Crippen LogP contribution in [0.5, 0.6) is 0 Å². The topological polar surface area (TPSA) is 118 Å². The normalized spacial score (nSPS) is 14.7. The fraction of sp³-hybridized carbons (Fsp3) is 0.263. The molecule has 4 rings (SSSR count). The number of anilines is 1. The molecule has 158 valence electrons. The highest BCUT2D eigenvalue weighted by Gasteiger charge is 2.26. The summed E-state index contributed by atoms with van der Waals surface area (Å²) in [6, 6.07) is 6.48. The van der Waals surface area contributed by atoms with Crippen LogP contribution in [0.2, 0.25) is 0 Å². The number of benzene rings is 1. The number of carbonyl (C=O) groups excluding carboxylic acids is 1. The van der Waals surface area contributed by atoms with Gasteiger partial charge < -0.3 is 14.1 Å². The maximum absolute atomic E-state index is 13.5. The molecule has 0 radical (unpaired) electrons. The molecule has 1 aliphatic heterocycles. The molecule has 1 amide bonds. The lowest BCUT2D eigenvalue weighted by Gasteiger charge is -2.26. The largest absolute Gasteiger partial charge is 0.441 e. The number of nitrogens with one attached hydrogen (secondary N) is 2. The van der Waals surface area contributed by atoms with Crippen molar-refractivity contribution in [2.24, 2.45) is 0 Å². The number of sulfonamides is 1. The number of aromatic nitrogens is 2. The maximum Gasteiger partial charge on any atom is 0.295 e. The summed E-state index contributed by atoms with van der Waals surface area (Å²) in [6.45, 7) is 3.47. The summed E-state index contributed by atoms with van der Waals surface area (Å²) in [5.74, 6) is -0.682. The van der Waals surface area contributed by atoms with Gasteiger partial charge in [-0.2, -0.15) is 13.5 Å². The van der Waals surface area contributed by atoms with Crippen molar-refractivity contribution in [3.8, 4) is 11.5 Å². The Bertz CT molecular complexity index is 1180. The van der Waals surface area contributed by atoms with Gasteiger partial charge in [0, 0.05) is 13.1 Å². The molecular weight excluding hydrogens is 415 g/mol. The molecule has 30 heavy (non-hydrogen) atoms. The molecule has 11 heteroatoms. The summed E-state index contributed by atoms with van der Waals surface area (Å²) in [7, 11) is -4.11. The minimum Gasteiger partial charge on any atom is -0.441 e. The van der Waals surface area contributed by atoms with Gasteiger partial charge in [0.15, 0.2) is 5.76 Å². The summed E-state index contributed by atoms with van der Waals surface area (Å²) in [5.41, 5.74) is 1.20. The summed E-state index contributed by atoms with van der Waals surface area (Å²) in [4.78, 5) is 14.4. The van der Waals surface area contributed by atoms with Crippen LogP contribution in [0.4, 0.5) is 10.1 Å². The lowest BCUT2D eigenvalue weighted by molar-refractivity contribution is 0.0303. The van der Waals surface area contributed by atoms with E-state index in [0.29, 0.717) is 31.9 Å². The van der Waals surface area contributed by atoms with E-state index in [1.165, 1.54) is 30.5 Å². The van der Waals surface area contributed by atoms with Crippen molar-refractivity contribution >= 4 is 21.6 Å². The summed E-state index contributed by atoms with van der Waals surface area (Å²) in [5, 5.41) is 6.22. The Hall–Kier alpha value is -3.18. The van der Waals surface area contributed by atoms with E-state index in [0.717, 1.165) is 6.07 Å². The van der Waals surface area contributed by atoms with E-state index >= 15 is 0 Å². The first kappa shape index (κ1) is 20.1. The molecule has 3 aromatic rings.